The number of amides is 1. The van der Waals surface area contributed by atoms with Gasteiger partial charge < -0.3 is 10.1 Å². The smallest absolute Gasteiger partial charge is 0.251 e. The van der Waals surface area contributed by atoms with Crippen molar-refractivity contribution in [2.75, 3.05) is 6.54 Å². The Kier molecular flexibility index (Phi) is 8.28. The molecule has 9 heteroatoms. The summed E-state index contributed by atoms with van der Waals surface area (Å²) in [5, 5.41) is 8.53. The Balaban J connectivity index is 1.53. The van der Waals surface area contributed by atoms with E-state index in [1.165, 1.54) is 0 Å². The lowest BCUT2D eigenvalue weighted by atomic mass is 10.1. The molecule has 0 saturated heterocycles. The van der Waals surface area contributed by atoms with Crippen LogP contribution in [-0.2, 0) is 13.2 Å². The topological polar surface area (TPSA) is 56.2 Å². The monoisotopic (exact) mass is 543 g/mol. The summed E-state index contributed by atoms with van der Waals surface area (Å²) in [6, 6.07) is 10.4. The first-order chi connectivity index (χ1) is 14.8. The minimum absolute atomic E-state index is 0.140. The van der Waals surface area contributed by atoms with Gasteiger partial charge in [0.05, 0.1) is 20.2 Å². The summed E-state index contributed by atoms with van der Waals surface area (Å²) in [6.45, 7) is 5.47. The fraction of sp³-hybridized carbons (Fsp3) is 0.273. The van der Waals surface area contributed by atoms with E-state index in [9.17, 15) is 4.79 Å². The van der Waals surface area contributed by atoms with Crippen LogP contribution in [0.5, 0.6) is 5.75 Å². The van der Waals surface area contributed by atoms with Crippen LogP contribution >= 0.6 is 50.7 Å². The average molecular weight is 546 g/mol. The average Bonchev–Trinajstić information content (AvgIpc) is 2.97. The van der Waals surface area contributed by atoms with Gasteiger partial charge in [0.15, 0.2) is 5.75 Å². The molecular formula is C22H21BrCl3N3O2. The van der Waals surface area contributed by atoms with Crippen molar-refractivity contribution >= 4 is 56.6 Å². The molecule has 3 aromatic rings. The van der Waals surface area contributed by atoms with Crippen molar-refractivity contribution in [3.8, 4) is 5.75 Å². The number of aryl methyl sites for hydroxylation is 2. The SMILES string of the molecule is Cc1nn(CCCNC(=O)c2cccc(COc3c(Cl)cc(Cl)cc3Cl)c2)c(C)c1Br. The second-order valence-corrected chi connectivity index (χ2v) is 9.05. The van der Waals surface area contributed by atoms with Gasteiger partial charge in [0.25, 0.3) is 5.91 Å². The number of nitrogens with zero attached hydrogens (tertiary/aromatic N) is 2. The molecule has 0 saturated carbocycles. The fourth-order valence-corrected chi connectivity index (χ4v) is 4.26. The lowest BCUT2D eigenvalue weighted by molar-refractivity contribution is 0.0952. The summed E-state index contributed by atoms with van der Waals surface area (Å²) in [5.41, 5.74) is 3.42. The Morgan fingerprint density at radius 3 is 2.52 bits per heavy atom. The van der Waals surface area contributed by atoms with E-state index in [0.717, 1.165) is 34.4 Å². The molecule has 1 amide bonds. The zero-order valence-corrected chi connectivity index (χ0v) is 20.9. The molecule has 0 aliphatic rings. The lowest BCUT2D eigenvalue weighted by Crippen LogP contribution is -2.25. The molecule has 164 valence electrons. The van der Waals surface area contributed by atoms with Crippen LogP contribution in [0.4, 0.5) is 0 Å². The van der Waals surface area contributed by atoms with Crippen molar-refractivity contribution in [3.63, 3.8) is 0 Å². The molecule has 0 fully saturated rings. The van der Waals surface area contributed by atoms with Crippen molar-refractivity contribution in [2.45, 2.75) is 33.4 Å². The first kappa shape index (κ1) is 23.9. The van der Waals surface area contributed by atoms with Gasteiger partial charge in [-0.05, 0) is 66.0 Å². The molecule has 1 heterocycles. The molecular weight excluding hydrogens is 525 g/mol. The molecule has 3 rings (SSSR count). The third kappa shape index (κ3) is 6.16. The summed E-state index contributed by atoms with van der Waals surface area (Å²) in [5.74, 6) is 0.220. The highest BCUT2D eigenvalue weighted by molar-refractivity contribution is 9.10. The third-order valence-electron chi connectivity index (χ3n) is 4.66. The minimum Gasteiger partial charge on any atom is -0.486 e. The minimum atomic E-state index is -0.140. The van der Waals surface area contributed by atoms with E-state index in [1.54, 1.807) is 24.3 Å². The van der Waals surface area contributed by atoms with Crippen LogP contribution in [0.1, 0.15) is 33.7 Å². The van der Waals surface area contributed by atoms with Crippen LogP contribution < -0.4 is 10.1 Å². The lowest BCUT2D eigenvalue weighted by Gasteiger charge is -2.11. The zero-order valence-electron chi connectivity index (χ0n) is 17.0. The van der Waals surface area contributed by atoms with Crippen LogP contribution in [0.2, 0.25) is 15.1 Å². The Morgan fingerprint density at radius 1 is 1.16 bits per heavy atom. The molecule has 0 radical (unpaired) electrons. The van der Waals surface area contributed by atoms with Gasteiger partial charge in [0.1, 0.15) is 6.61 Å². The maximum Gasteiger partial charge on any atom is 0.251 e. The quantitative estimate of drug-likeness (QED) is 0.324. The van der Waals surface area contributed by atoms with Crippen molar-refractivity contribution in [2.24, 2.45) is 0 Å². The van der Waals surface area contributed by atoms with Gasteiger partial charge in [0, 0.05) is 29.4 Å². The van der Waals surface area contributed by atoms with Crippen LogP contribution in [0, 0.1) is 13.8 Å². The van der Waals surface area contributed by atoms with Crippen LogP contribution in [0.3, 0.4) is 0 Å². The number of carbonyl (C=O) groups excluding carboxylic acids is 1. The number of halogens is 4. The van der Waals surface area contributed by atoms with E-state index in [1.807, 2.05) is 30.7 Å². The van der Waals surface area contributed by atoms with Crippen LogP contribution in [-0.4, -0.2) is 22.2 Å². The molecule has 31 heavy (non-hydrogen) atoms. The van der Waals surface area contributed by atoms with E-state index in [2.05, 4.69) is 26.3 Å². The van der Waals surface area contributed by atoms with E-state index in [4.69, 9.17) is 39.5 Å². The zero-order chi connectivity index (χ0) is 22.5. The predicted octanol–water partition coefficient (Wildman–Crippen LogP) is 6.62. The highest BCUT2D eigenvalue weighted by atomic mass is 79.9. The molecule has 5 nitrogen and oxygen atoms in total. The van der Waals surface area contributed by atoms with Crippen LogP contribution in [0.15, 0.2) is 40.9 Å². The number of carbonyl (C=O) groups is 1. The number of benzene rings is 2. The number of aromatic nitrogens is 2. The van der Waals surface area contributed by atoms with Gasteiger partial charge in [0.2, 0.25) is 0 Å². The molecule has 0 spiro atoms. The summed E-state index contributed by atoms with van der Waals surface area (Å²) >= 11 is 21.7. The van der Waals surface area contributed by atoms with E-state index in [-0.39, 0.29) is 12.5 Å². The highest BCUT2D eigenvalue weighted by Crippen LogP contribution is 2.36. The van der Waals surface area contributed by atoms with E-state index < -0.39 is 0 Å². The maximum atomic E-state index is 12.5. The van der Waals surface area contributed by atoms with Gasteiger partial charge in [-0.3, -0.25) is 9.48 Å². The second kappa shape index (κ2) is 10.7. The fourth-order valence-electron chi connectivity index (χ4n) is 3.05. The van der Waals surface area contributed by atoms with Crippen LogP contribution in [0.25, 0.3) is 0 Å². The Bertz CT molecular complexity index is 1080. The maximum absolute atomic E-state index is 12.5. The summed E-state index contributed by atoms with van der Waals surface area (Å²) in [7, 11) is 0. The van der Waals surface area contributed by atoms with E-state index in [0.29, 0.717) is 32.9 Å². The van der Waals surface area contributed by atoms with Gasteiger partial charge in [-0.15, -0.1) is 0 Å². The molecule has 0 aliphatic heterocycles. The molecule has 0 bridgehead atoms. The Labute approximate surface area is 204 Å². The van der Waals surface area contributed by atoms with Gasteiger partial charge in [-0.2, -0.15) is 5.10 Å². The Hall–Kier alpha value is -1.73. The summed E-state index contributed by atoms with van der Waals surface area (Å²) in [6.07, 6.45) is 0.774. The van der Waals surface area contributed by atoms with Crippen molar-refractivity contribution in [1.82, 2.24) is 15.1 Å². The van der Waals surface area contributed by atoms with E-state index >= 15 is 0 Å². The standard InChI is InChI=1S/C22H21BrCl3N3O2/c1-13-20(23)14(2)29(28-13)8-4-7-27-22(30)16-6-3-5-15(9-16)12-31-21-18(25)10-17(24)11-19(21)26/h3,5-6,9-11H,4,7-8,12H2,1-2H3,(H,27,30). The second-order valence-electron chi connectivity index (χ2n) is 7.01. The molecule has 0 unspecified atom stereocenters. The molecule has 0 aliphatic carbocycles. The number of ether oxygens (including phenoxy) is 1. The first-order valence-electron chi connectivity index (χ1n) is 9.60. The van der Waals surface area contributed by atoms with Crippen molar-refractivity contribution in [3.05, 3.63) is 78.5 Å². The summed E-state index contributed by atoms with van der Waals surface area (Å²) in [4.78, 5) is 12.5. The van der Waals surface area contributed by atoms with Gasteiger partial charge >= 0.3 is 0 Å². The van der Waals surface area contributed by atoms with Gasteiger partial charge in [-0.1, -0.05) is 46.9 Å². The number of rotatable bonds is 8. The normalized spacial score (nSPS) is 10.9. The third-order valence-corrected chi connectivity index (χ3v) is 6.59. The van der Waals surface area contributed by atoms with Crippen molar-refractivity contribution < 1.29 is 9.53 Å². The number of hydrogen-bond acceptors (Lipinski definition) is 3. The molecule has 1 aromatic heterocycles. The largest absolute Gasteiger partial charge is 0.486 e. The summed E-state index contributed by atoms with van der Waals surface area (Å²) < 4.78 is 8.71. The molecule has 1 N–H and O–H groups in total. The first-order valence-corrected chi connectivity index (χ1v) is 11.5. The predicted molar refractivity (Wildman–Crippen MR) is 129 cm³/mol. The number of hydrogen-bond donors (Lipinski definition) is 1. The number of nitrogens with one attached hydrogen (secondary N) is 1. The van der Waals surface area contributed by atoms with Crippen molar-refractivity contribution in [1.29, 1.82) is 0 Å². The van der Waals surface area contributed by atoms with Gasteiger partial charge in [-0.25, -0.2) is 0 Å². The molecule has 0 atom stereocenters. The molecule has 2 aromatic carbocycles. The highest BCUT2D eigenvalue weighted by Gasteiger charge is 2.12. The Morgan fingerprint density at radius 2 is 1.87 bits per heavy atom.